The first kappa shape index (κ1) is 14.4. The third-order valence-corrected chi connectivity index (χ3v) is 3.39. The maximum Gasteiger partial charge on any atom is 0.125 e. The Morgan fingerprint density at radius 2 is 1.70 bits per heavy atom. The van der Waals surface area contributed by atoms with Crippen molar-refractivity contribution in [1.82, 2.24) is 0 Å². The molecule has 0 saturated carbocycles. The fourth-order valence-corrected chi connectivity index (χ4v) is 2.22. The number of nitrogens with zero attached hydrogens (tertiary/aromatic N) is 1. The summed E-state index contributed by atoms with van der Waals surface area (Å²) in [6.45, 7) is 7.03. The Morgan fingerprint density at radius 3 is 2.30 bits per heavy atom. The van der Waals surface area contributed by atoms with Gasteiger partial charge in [0.15, 0.2) is 0 Å². The highest BCUT2D eigenvalue weighted by Gasteiger charge is 2.01. The zero-order valence-electron chi connectivity index (χ0n) is 12.1. The number of nitrogens with one attached hydrogen (secondary N) is 1. The fourth-order valence-electron chi connectivity index (χ4n) is 2.22. The van der Waals surface area contributed by atoms with Gasteiger partial charge in [-0.05, 0) is 49.7 Å². The second kappa shape index (κ2) is 6.94. The Morgan fingerprint density at radius 1 is 1.00 bits per heavy atom. The van der Waals surface area contributed by atoms with Crippen molar-refractivity contribution in [3.8, 4) is 0 Å². The zero-order chi connectivity index (χ0) is 14.4. The summed E-state index contributed by atoms with van der Waals surface area (Å²) in [5, 5.41) is 3.22. The number of hydrogen-bond donors (Lipinski definition) is 1. The Balaban J connectivity index is 1.97. The smallest absolute Gasteiger partial charge is 0.125 e. The van der Waals surface area contributed by atoms with E-state index < -0.39 is 0 Å². The van der Waals surface area contributed by atoms with Gasteiger partial charge in [0.25, 0.3) is 0 Å². The monoisotopic (exact) mass is 272 g/mol. The van der Waals surface area contributed by atoms with Crippen LogP contribution in [-0.2, 0) is 6.54 Å². The van der Waals surface area contributed by atoms with Crippen molar-refractivity contribution < 1.29 is 4.39 Å². The van der Waals surface area contributed by atoms with Gasteiger partial charge in [-0.3, -0.25) is 0 Å². The number of halogens is 1. The van der Waals surface area contributed by atoms with Crippen LogP contribution in [0.1, 0.15) is 19.4 Å². The molecule has 0 amide bonds. The molecule has 0 heterocycles. The molecule has 0 aliphatic heterocycles. The van der Waals surface area contributed by atoms with Crippen LogP contribution in [-0.4, -0.2) is 13.1 Å². The van der Waals surface area contributed by atoms with E-state index in [0.717, 1.165) is 18.8 Å². The topological polar surface area (TPSA) is 15.3 Å². The van der Waals surface area contributed by atoms with E-state index in [1.807, 2.05) is 6.07 Å². The number of rotatable bonds is 6. The number of benzene rings is 2. The SMILES string of the molecule is CCN(CC)c1ccc(CNc2cccc(F)c2)cc1. The van der Waals surface area contributed by atoms with Crippen molar-refractivity contribution in [2.24, 2.45) is 0 Å². The van der Waals surface area contributed by atoms with Crippen LogP contribution in [0.5, 0.6) is 0 Å². The number of anilines is 2. The molecule has 1 N–H and O–H groups in total. The molecule has 0 radical (unpaired) electrons. The van der Waals surface area contributed by atoms with Crippen LogP contribution in [0.25, 0.3) is 0 Å². The van der Waals surface area contributed by atoms with Gasteiger partial charge in [-0.25, -0.2) is 4.39 Å². The van der Waals surface area contributed by atoms with Crippen molar-refractivity contribution in [2.45, 2.75) is 20.4 Å². The van der Waals surface area contributed by atoms with Gasteiger partial charge >= 0.3 is 0 Å². The molecule has 2 rings (SSSR count). The second-order valence-electron chi connectivity index (χ2n) is 4.70. The van der Waals surface area contributed by atoms with E-state index >= 15 is 0 Å². The summed E-state index contributed by atoms with van der Waals surface area (Å²) >= 11 is 0. The predicted molar refractivity (Wildman–Crippen MR) is 83.7 cm³/mol. The van der Waals surface area contributed by atoms with Gasteiger partial charge in [-0.2, -0.15) is 0 Å². The first-order valence-corrected chi connectivity index (χ1v) is 7.06. The van der Waals surface area contributed by atoms with Crippen molar-refractivity contribution in [3.63, 3.8) is 0 Å². The molecule has 106 valence electrons. The van der Waals surface area contributed by atoms with Crippen LogP contribution in [0.15, 0.2) is 48.5 Å². The van der Waals surface area contributed by atoms with Gasteiger partial charge in [0.2, 0.25) is 0 Å². The van der Waals surface area contributed by atoms with Gasteiger partial charge in [0, 0.05) is 31.0 Å². The molecule has 2 aromatic rings. The maximum absolute atomic E-state index is 13.1. The van der Waals surface area contributed by atoms with E-state index in [0.29, 0.717) is 6.54 Å². The van der Waals surface area contributed by atoms with Crippen molar-refractivity contribution in [2.75, 3.05) is 23.3 Å². The highest BCUT2D eigenvalue weighted by Crippen LogP contribution is 2.16. The molecule has 0 unspecified atom stereocenters. The van der Waals surface area contributed by atoms with E-state index in [4.69, 9.17) is 0 Å². The standard InChI is InChI=1S/C17H21FN2/c1-3-20(4-2)17-10-8-14(9-11-17)13-19-16-7-5-6-15(18)12-16/h5-12,19H,3-4,13H2,1-2H3. The molecule has 0 fully saturated rings. The lowest BCUT2D eigenvalue weighted by molar-refractivity contribution is 0.628. The first-order chi connectivity index (χ1) is 9.72. The van der Waals surface area contributed by atoms with Crippen molar-refractivity contribution in [3.05, 3.63) is 59.9 Å². The van der Waals surface area contributed by atoms with Crippen molar-refractivity contribution in [1.29, 1.82) is 0 Å². The minimum Gasteiger partial charge on any atom is -0.381 e. The van der Waals surface area contributed by atoms with Crippen LogP contribution in [0.3, 0.4) is 0 Å². The average molecular weight is 272 g/mol. The molecule has 0 saturated heterocycles. The molecule has 0 atom stereocenters. The molecule has 20 heavy (non-hydrogen) atoms. The summed E-state index contributed by atoms with van der Waals surface area (Å²) in [5.41, 5.74) is 3.23. The van der Waals surface area contributed by atoms with Gasteiger partial charge in [-0.15, -0.1) is 0 Å². The average Bonchev–Trinajstić information content (AvgIpc) is 2.48. The van der Waals surface area contributed by atoms with Crippen LogP contribution in [0.4, 0.5) is 15.8 Å². The molecular formula is C17H21FN2. The van der Waals surface area contributed by atoms with Crippen LogP contribution in [0.2, 0.25) is 0 Å². The fraction of sp³-hybridized carbons (Fsp3) is 0.294. The van der Waals surface area contributed by atoms with Gasteiger partial charge < -0.3 is 10.2 Å². The molecule has 0 aliphatic rings. The lowest BCUT2D eigenvalue weighted by atomic mass is 10.2. The molecular weight excluding hydrogens is 251 g/mol. The van der Waals surface area contributed by atoms with Gasteiger partial charge in [0.05, 0.1) is 0 Å². The Hall–Kier alpha value is -2.03. The Bertz CT molecular complexity index is 533. The molecule has 0 aromatic heterocycles. The highest BCUT2D eigenvalue weighted by atomic mass is 19.1. The van der Waals surface area contributed by atoms with Gasteiger partial charge in [0.1, 0.15) is 5.82 Å². The summed E-state index contributed by atoms with van der Waals surface area (Å²) in [5.74, 6) is -0.216. The van der Waals surface area contributed by atoms with E-state index in [1.165, 1.54) is 23.4 Å². The molecule has 0 spiro atoms. The van der Waals surface area contributed by atoms with E-state index in [2.05, 4.69) is 48.3 Å². The molecule has 2 aromatic carbocycles. The Labute approximate surface area is 120 Å². The predicted octanol–water partition coefficient (Wildman–Crippen LogP) is 4.28. The third kappa shape index (κ3) is 3.73. The molecule has 3 heteroatoms. The quantitative estimate of drug-likeness (QED) is 0.844. The molecule has 2 nitrogen and oxygen atoms in total. The minimum atomic E-state index is -0.216. The van der Waals surface area contributed by atoms with Crippen LogP contribution in [0, 0.1) is 5.82 Å². The second-order valence-corrected chi connectivity index (χ2v) is 4.70. The van der Waals surface area contributed by atoms with Gasteiger partial charge in [-0.1, -0.05) is 18.2 Å². The first-order valence-electron chi connectivity index (χ1n) is 7.06. The lowest BCUT2D eigenvalue weighted by Gasteiger charge is -2.21. The van der Waals surface area contributed by atoms with Crippen LogP contribution >= 0.6 is 0 Å². The summed E-state index contributed by atoms with van der Waals surface area (Å²) < 4.78 is 13.1. The van der Waals surface area contributed by atoms with E-state index in [9.17, 15) is 4.39 Å². The van der Waals surface area contributed by atoms with Crippen LogP contribution < -0.4 is 10.2 Å². The summed E-state index contributed by atoms with van der Waals surface area (Å²) in [7, 11) is 0. The van der Waals surface area contributed by atoms with E-state index in [1.54, 1.807) is 6.07 Å². The third-order valence-electron chi connectivity index (χ3n) is 3.39. The minimum absolute atomic E-state index is 0.216. The normalized spacial score (nSPS) is 10.3. The largest absolute Gasteiger partial charge is 0.381 e. The van der Waals surface area contributed by atoms with Crippen molar-refractivity contribution >= 4 is 11.4 Å². The maximum atomic E-state index is 13.1. The molecule has 0 bridgehead atoms. The molecule has 0 aliphatic carbocycles. The number of hydrogen-bond acceptors (Lipinski definition) is 2. The van der Waals surface area contributed by atoms with E-state index in [-0.39, 0.29) is 5.82 Å². The highest BCUT2D eigenvalue weighted by molar-refractivity contribution is 5.49. The summed E-state index contributed by atoms with van der Waals surface area (Å²) in [6, 6.07) is 15.0. The Kier molecular flexibility index (Phi) is 4.99. The summed E-state index contributed by atoms with van der Waals surface area (Å²) in [6.07, 6.45) is 0. The lowest BCUT2D eigenvalue weighted by Crippen LogP contribution is -2.21. The summed E-state index contributed by atoms with van der Waals surface area (Å²) in [4.78, 5) is 2.31. The zero-order valence-corrected chi connectivity index (χ0v) is 12.1.